The lowest BCUT2D eigenvalue weighted by Gasteiger charge is -2.09. The Labute approximate surface area is 92.6 Å². The number of rotatable bonds is 4. The molecule has 78 valence electrons. The zero-order valence-corrected chi connectivity index (χ0v) is 9.85. The second-order valence-electron chi connectivity index (χ2n) is 3.59. The van der Waals surface area contributed by atoms with Crippen LogP contribution in [0.4, 0.5) is 4.39 Å². The van der Waals surface area contributed by atoms with Gasteiger partial charge in [0.15, 0.2) is 0 Å². The topological polar surface area (TPSA) is 26.0 Å². The molecule has 1 nitrogen and oxygen atoms in total. The molecule has 1 unspecified atom stereocenters. The van der Waals surface area contributed by atoms with Gasteiger partial charge in [-0.1, -0.05) is 19.1 Å². The lowest BCUT2D eigenvalue weighted by Crippen LogP contribution is -2.11. The van der Waals surface area contributed by atoms with Crippen LogP contribution < -0.4 is 5.73 Å². The Morgan fingerprint density at radius 3 is 2.86 bits per heavy atom. The average molecular weight is 260 g/mol. The lowest BCUT2D eigenvalue weighted by atomic mass is 10.0. The second kappa shape index (κ2) is 5.47. The molecule has 0 aliphatic heterocycles. The molecule has 3 heteroatoms. The monoisotopic (exact) mass is 259 g/mol. The molecule has 0 amide bonds. The van der Waals surface area contributed by atoms with E-state index in [1.54, 1.807) is 6.07 Å². The maximum absolute atomic E-state index is 13.1. The van der Waals surface area contributed by atoms with Crippen molar-refractivity contribution in [2.45, 2.75) is 19.8 Å². The zero-order chi connectivity index (χ0) is 10.6. The number of nitrogens with two attached hydrogens (primary N) is 1. The van der Waals surface area contributed by atoms with E-state index in [0.29, 0.717) is 16.9 Å². The highest BCUT2D eigenvalue weighted by Gasteiger charge is 2.06. The molecule has 0 aliphatic carbocycles. The maximum Gasteiger partial charge on any atom is 0.137 e. The molecular formula is C11H15BrFN. The van der Waals surface area contributed by atoms with Crippen LogP contribution in [0.3, 0.4) is 0 Å². The normalized spacial score (nSPS) is 12.9. The highest BCUT2D eigenvalue weighted by molar-refractivity contribution is 9.10. The summed E-state index contributed by atoms with van der Waals surface area (Å²) in [6.07, 6.45) is 1.87. The van der Waals surface area contributed by atoms with E-state index in [2.05, 4.69) is 22.9 Å². The van der Waals surface area contributed by atoms with Crippen LogP contribution in [0, 0.1) is 11.7 Å². The minimum atomic E-state index is -0.192. The van der Waals surface area contributed by atoms with Crippen molar-refractivity contribution in [1.82, 2.24) is 0 Å². The third-order valence-electron chi connectivity index (χ3n) is 2.34. The van der Waals surface area contributed by atoms with Gasteiger partial charge in [-0.05, 0) is 52.9 Å². The Morgan fingerprint density at radius 2 is 2.21 bits per heavy atom. The molecule has 2 N–H and O–H groups in total. The molecule has 0 spiro atoms. The molecule has 1 atom stereocenters. The first-order chi connectivity index (χ1) is 6.65. The van der Waals surface area contributed by atoms with Gasteiger partial charge in [0.05, 0.1) is 4.47 Å². The number of benzene rings is 1. The summed E-state index contributed by atoms with van der Waals surface area (Å²) in [7, 11) is 0. The van der Waals surface area contributed by atoms with E-state index in [1.807, 2.05) is 6.07 Å². The van der Waals surface area contributed by atoms with Crippen LogP contribution in [0.15, 0.2) is 22.7 Å². The number of hydrogen-bond donors (Lipinski definition) is 1. The van der Waals surface area contributed by atoms with E-state index in [4.69, 9.17) is 5.73 Å². The van der Waals surface area contributed by atoms with E-state index in [0.717, 1.165) is 18.4 Å². The zero-order valence-electron chi connectivity index (χ0n) is 8.26. The van der Waals surface area contributed by atoms with Gasteiger partial charge in [-0.25, -0.2) is 4.39 Å². The standard InChI is InChI=1S/C11H15BrFN/c1-8(7-14)5-6-9-3-2-4-10(13)11(9)12/h2-4,8H,5-7,14H2,1H3. The van der Waals surface area contributed by atoms with E-state index in [1.165, 1.54) is 6.07 Å². The summed E-state index contributed by atoms with van der Waals surface area (Å²) in [4.78, 5) is 0. The largest absolute Gasteiger partial charge is 0.330 e. The molecule has 1 aromatic carbocycles. The number of hydrogen-bond acceptors (Lipinski definition) is 1. The SMILES string of the molecule is CC(CN)CCc1cccc(F)c1Br. The molecule has 14 heavy (non-hydrogen) atoms. The van der Waals surface area contributed by atoms with Gasteiger partial charge in [-0.3, -0.25) is 0 Å². The summed E-state index contributed by atoms with van der Waals surface area (Å²) in [6, 6.07) is 5.14. The van der Waals surface area contributed by atoms with Crippen LogP contribution in [0.1, 0.15) is 18.9 Å². The van der Waals surface area contributed by atoms with Crippen molar-refractivity contribution < 1.29 is 4.39 Å². The van der Waals surface area contributed by atoms with E-state index >= 15 is 0 Å². The Kier molecular flexibility index (Phi) is 4.55. The third kappa shape index (κ3) is 3.07. The van der Waals surface area contributed by atoms with Crippen molar-refractivity contribution in [2.24, 2.45) is 11.7 Å². The van der Waals surface area contributed by atoms with Gasteiger partial charge in [0, 0.05) is 0 Å². The summed E-state index contributed by atoms with van der Waals surface area (Å²) in [5.74, 6) is 0.299. The average Bonchev–Trinajstić information content (AvgIpc) is 2.20. The summed E-state index contributed by atoms with van der Waals surface area (Å²) in [6.45, 7) is 2.79. The van der Waals surface area contributed by atoms with Crippen LogP contribution in [0.25, 0.3) is 0 Å². The minimum absolute atomic E-state index is 0.192. The fourth-order valence-electron chi connectivity index (χ4n) is 1.26. The summed E-state index contributed by atoms with van der Waals surface area (Å²) in [5, 5.41) is 0. The molecule has 0 heterocycles. The first-order valence-corrected chi connectivity index (χ1v) is 5.57. The highest BCUT2D eigenvalue weighted by atomic mass is 79.9. The number of halogens is 2. The smallest absolute Gasteiger partial charge is 0.137 e. The lowest BCUT2D eigenvalue weighted by molar-refractivity contribution is 0.541. The third-order valence-corrected chi connectivity index (χ3v) is 3.23. The van der Waals surface area contributed by atoms with Crippen molar-refractivity contribution in [1.29, 1.82) is 0 Å². The summed E-state index contributed by atoms with van der Waals surface area (Å²) >= 11 is 3.25. The quantitative estimate of drug-likeness (QED) is 0.884. The van der Waals surface area contributed by atoms with Gasteiger partial charge in [0.2, 0.25) is 0 Å². The first-order valence-electron chi connectivity index (χ1n) is 4.78. The molecular weight excluding hydrogens is 245 g/mol. The molecule has 0 aromatic heterocycles. The molecule has 0 saturated carbocycles. The van der Waals surface area contributed by atoms with Crippen molar-refractivity contribution in [2.75, 3.05) is 6.54 Å². The molecule has 0 radical (unpaired) electrons. The Balaban J connectivity index is 2.63. The molecule has 0 fully saturated rings. The fourth-order valence-corrected chi connectivity index (χ4v) is 1.72. The predicted octanol–water partition coefficient (Wildman–Crippen LogP) is 3.12. The van der Waals surface area contributed by atoms with Crippen molar-refractivity contribution in [3.8, 4) is 0 Å². The van der Waals surface area contributed by atoms with Gasteiger partial charge < -0.3 is 5.73 Å². The van der Waals surface area contributed by atoms with Gasteiger partial charge in [-0.15, -0.1) is 0 Å². The maximum atomic E-state index is 13.1. The minimum Gasteiger partial charge on any atom is -0.330 e. The van der Waals surface area contributed by atoms with Crippen LogP contribution >= 0.6 is 15.9 Å². The van der Waals surface area contributed by atoms with E-state index in [9.17, 15) is 4.39 Å². The van der Waals surface area contributed by atoms with Crippen molar-refractivity contribution >= 4 is 15.9 Å². The molecule has 0 aliphatic rings. The Morgan fingerprint density at radius 1 is 1.50 bits per heavy atom. The van der Waals surface area contributed by atoms with Crippen molar-refractivity contribution in [3.05, 3.63) is 34.1 Å². The molecule has 0 bridgehead atoms. The number of aryl methyl sites for hydroxylation is 1. The van der Waals surface area contributed by atoms with E-state index < -0.39 is 0 Å². The summed E-state index contributed by atoms with van der Waals surface area (Å²) < 4.78 is 13.7. The van der Waals surface area contributed by atoms with Crippen LogP contribution in [-0.4, -0.2) is 6.54 Å². The molecule has 0 saturated heterocycles. The Hall–Kier alpha value is -0.410. The second-order valence-corrected chi connectivity index (χ2v) is 4.39. The van der Waals surface area contributed by atoms with Gasteiger partial charge in [0.1, 0.15) is 5.82 Å². The fraction of sp³-hybridized carbons (Fsp3) is 0.455. The predicted molar refractivity (Wildman–Crippen MR) is 60.6 cm³/mol. The van der Waals surface area contributed by atoms with Crippen LogP contribution in [0.5, 0.6) is 0 Å². The molecule has 1 aromatic rings. The van der Waals surface area contributed by atoms with Gasteiger partial charge in [0.25, 0.3) is 0 Å². The Bertz CT molecular complexity index is 301. The van der Waals surface area contributed by atoms with Gasteiger partial charge >= 0.3 is 0 Å². The summed E-state index contributed by atoms with van der Waals surface area (Å²) in [5.41, 5.74) is 6.54. The van der Waals surface area contributed by atoms with Crippen LogP contribution in [0.2, 0.25) is 0 Å². The van der Waals surface area contributed by atoms with E-state index in [-0.39, 0.29) is 5.82 Å². The van der Waals surface area contributed by atoms with Crippen molar-refractivity contribution in [3.63, 3.8) is 0 Å². The van der Waals surface area contributed by atoms with Crippen LogP contribution in [-0.2, 0) is 6.42 Å². The first kappa shape index (κ1) is 11.7. The van der Waals surface area contributed by atoms with Gasteiger partial charge in [-0.2, -0.15) is 0 Å². The highest BCUT2D eigenvalue weighted by Crippen LogP contribution is 2.22. The molecule has 1 rings (SSSR count).